The molecule has 0 saturated heterocycles. The summed E-state index contributed by atoms with van der Waals surface area (Å²) in [5.74, 6) is 1.13. The summed E-state index contributed by atoms with van der Waals surface area (Å²) in [5.41, 5.74) is 4.19. The van der Waals surface area contributed by atoms with Crippen molar-refractivity contribution in [2.75, 3.05) is 13.7 Å². The molecule has 1 atom stereocenters. The molecule has 144 valence electrons. The Morgan fingerprint density at radius 1 is 1.11 bits per heavy atom. The molecule has 1 unspecified atom stereocenters. The predicted octanol–water partition coefficient (Wildman–Crippen LogP) is 4.89. The lowest BCUT2D eigenvalue weighted by Crippen LogP contribution is -2.06. The summed E-state index contributed by atoms with van der Waals surface area (Å²) in [4.78, 5) is 4.79. The number of hydrogen-bond donors (Lipinski definition) is 0. The number of hydrogen-bond acceptors (Lipinski definition) is 6. The number of fused-ring (bicyclic) bond motifs is 1. The molecule has 0 fully saturated rings. The third-order valence-electron chi connectivity index (χ3n) is 4.51. The third kappa shape index (κ3) is 3.81. The lowest BCUT2D eigenvalue weighted by molar-refractivity contribution is 0.186. The number of benzene rings is 2. The molecular formula is C21H22N4O2S. The van der Waals surface area contributed by atoms with E-state index in [1.807, 2.05) is 42.5 Å². The molecule has 0 saturated carbocycles. The van der Waals surface area contributed by atoms with Crippen molar-refractivity contribution in [3.05, 3.63) is 60.0 Å². The Bertz CT molecular complexity index is 1070. The van der Waals surface area contributed by atoms with Crippen LogP contribution in [0.25, 0.3) is 22.5 Å². The van der Waals surface area contributed by atoms with Gasteiger partial charge in [-0.3, -0.25) is 0 Å². The van der Waals surface area contributed by atoms with Gasteiger partial charge in [0.05, 0.1) is 22.9 Å². The molecule has 0 aliphatic heterocycles. The molecule has 2 heterocycles. The highest BCUT2D eigenvalue weighted by atomic mass is 32.2. The minimum absolute atomic E-state index is 0.0233. The molecular weight excluding hydrogens is 372 g/mol. The minimum Gasteiger partial charge on any atom is -0.419 e. The van der Waals surface area contributed by atoms with E-state index in [9.17, 15) is 0 Å². The zero-order chi connectivity index (χ0) is 19.5. The first kappa shape index (κ1) is 18.7. The molecule has 0 bridgehead atoms. The van der Waals surface area contributed by atoms with Crippen LogP contribution in [0.2, 0.25) is 0 Å². The molecule has 4 rings (SSSR count). The molecule has 0 amide bonds. The van der Waals surface area contributed by atoms with E-state index in [0.717, 1.165) is 28.3 Å². The molecule has 4 aromatic rings. The number of rotatable bonds is 7. The summed E-state index contributed by atoms with van der Waals surface area (Å²) in [6, 6.07) is 16.2. The van der Waals surface area contributed by atoms with Gasteiger partial charge < -0.3 is 13.7 Å². The zero-order valence-corrected chi connectivity index (χ0v) is 16.9. The number of aryl methyl sites for hydroxylation is 1. The fourth-order valence-electron chi connectivity index (χ4n) is 2.96. The number of ether oxygens (including phenoxy) is 1. The second-order valence-corrected chi connectivity index (χ2v) is 7.91. The smallest absolute Gasteiger partial charge is 0.247 e. The van der Waals surface area contributed by atoms with Crippen LogP contribution < -0.4 is 0 Å². The fraction of sp³-hybridized carbons (Fsp3) is 0.286. The van der Waals surface area contributed by atoms with E-state index in [1.54, 1.807) is 18.9 Å². The molecule has 0 N–H and O–H groups in total. The number of thioether (sulfide) groups is 1. The standard InChI is InChI=1S/C21H22N4O2S/c1-14-8-10-16(11-9-14)20-24-23-19(27-20)15(2)28-21-22-17-6-4-5-7-18(17)25(21)12-13-26-3/h4-11,15H,12-13H2,1-3H3. The molecule has 2 aromatic heterocycles. The Kier molecular flexibility index (Phi) is 5.45. The van der Waals surface area contributed by atoms with Gasteiger partial charge in [0, 0.05) is 19.2 Å². The minimum atomic E-state index is -0.0233. The van der Waals surface area contributed by atoms with Gasteiger partial charge in [0.15, 0.2) is 5.16 Å². The van der Waals surface area contributed by atoms with Crippen LogP contribution in [0.1, 0.15) is 23.6 Å². The van der Waals surface area contributed by atoms with E-state index in [2.05, 4.69) is 34.7 Å². The Balaban J connectivity index is 1.58. The normalized spacial score (nSPS) is 12.5. The van der Waals surface area contributed by atoms with Gasteiger partial charge >= 0.3 is 0 Å². The van der Waals surface area contributed by atoms with Crippen LogP contribution in [0.5, 0.6) is 0 Å². The van der Waals surface area contributed by atoms with Crippen molar-refractivity contribution in [1.82, 2.24) is 19.7 Å². The first-order chi connectivity index (χ1) is 13.7. The zero-order valence-electron chi connectivity index (χ0n) is 16.1. The van der Waals surface area contributed by atoms with Gasteiger partial charge in [-0.25, -0.2) is 4.98 Å². The Morgan fingerprint density at radius 3 is 2.68 bits per heavy atom. The monoisotopic (exact) mass is 394 g/mol. The van der Waals surface area contributed by atoms with Crippen molar-refractivity contribution in [2.24, 2.45) is 0 Å². The van der Waals surface area contributed by atoms with E-state index in [1.165, 1.54) is 5.56 Å². The Morgan fingerprint density at radius 2 is 1.89 bits per heavy atom. The first-order valence-corrected chi connectivity index (χ1v) is 10.0. The van der Waals surface area contributed by atoms with Gasteiger partial charge in [-0.1, -0.05) is 41.6 Å². The maximum Gasteiger partial charge on any atom is 0.247 e. The summed E-state index contributed by atoms with van der Waals surface area (Å²) < 4.78 is 13.4. The number of para-hydroxylation sites is 2. The van der Waals surface area contributed by atoms with Crippen molar-refractivity contribution in [3.8, 4) is 11.5 Å². The van der Waals surface area contributed by atoms with Crippen LogP contribution in [-0.4, -0.2) is 33.5 Å². The van der Waals surface area contributed by atoms with E-state index in [0.29, 0.717) is 18.4 Å². The molecule has 7 heteroatoms. The SMILES string of the molecule is COCCn1c(SC(C)c2nnc(-c3ccc(C)cc3)o2)nc2ccccc21. The van der Waals surface area contributed by atoms with E-state index < -0.39 is 0 Å². The molecule has 28 heavy (non-hydrogen) atoms. The second kappa shape index (κ2) is 8.16. The summed E-state index contributed by atoms with van der Waals surface area (Å²) >= 11 is 1.61. The predicted molar refractivity (Wildman–Crippen MR) is 110 cm³/mol. The maximum absolute atomic E-state index is 5.93. The summed E-state index contributed by atoms with van der Waals surface area (Å²) in [5, 5.41) is 9.37. The van der Waals surface area contributed by atoms with Crippen LogP contribution in [0.4, 0.5) is 0 Å². The topological polar surface area (TPSA) is 66.0 Å². The average molecular weight is 395 g/mol. The molecule has 0 radical (unpaired) electrons. The summed E-state index contributed by atoms with van der Waals surface area (Å²) in [6.07, 6.45) is 0. The highest BCUT2D eigenvalue weighted by molar-refractivity contribution is 7.99. The molecule has 2 aromatic carbocycles. The van der Waals surface area contributed by atoms with Gasteiger partial charge in [-0.2, -0.15) is 0 Å². The van der Waals surface area contributed by atoms with Gasteiger partial charge in [0.25, 0.3) is 0 Å². The molecule has 0 aliphatic rings. The largest absolute Gasteiger partial charge is 0.419 e. The molecule has 6 nitrogen and oxygen atoms in total. The van der Waals surface area contributed by atoms with Gasteiger partial charge in [0.2, 0.25) is 11.8 Å². The number of nitrogens with zero attached hydrogens (tertiary/aromatic N) is 4. The lowest BCUT2D eigenvalue weighted by atomic mass is 10.1. The van der Waals surface area contributed by atoms with Crippen molar-refractivity contribution in [3.63, 3.8) is 0 Å². The van der Waals surface area contributed by atoms with Crippen LogP contribution in [0.3, 0.4) is 0 Å². The average Bonchev–Trinajstić information content (AvgIpc) is 3.32. The Labute approximate surface area is 167 Å². The van der Waals surface area contributed by atoms with E-state index >= 15 is 0 Å². The quantitative estimate of drug-likeness (QED) is 0.416. The van der Waals surface area contributed by atoms with Crippen molar-refractivity contribution < 1.29 is 9.15 Å². The number of imidazole rings is 1. The van der Waals surface area contributed by atoms with Crippen molar-refractivity contribution in [1.29, 1.82) is 0 Å². The van der Waals surface area contributed by atoms with Crippen molar-refractivity contribution in [2.45, 2.75) is 30.8 Å². The molecule has 0 spiro atoms. The Hall–Kier alpha value is -2.64. The summed E-state index contributed by atoms with van der Waals surface area (Å²) in [6.45, 7) is 5.47. The number of methoxy groups -OCH3 is 1. The van der Waals surface area contributed by atoms with E-state index in [-0.39, 0.29) is 5.25 Å². The highest BCUT2D eigenvalue weighted by Gasteiger charge is 2.20. The van der Waals surface area contributed by atoms with Crippen LogP contribution >= 0.6 is 11.8 Å². The first-order valence-electron chi connectivity index (χ1n) is 9.17. The van der Waals surface area contributed by atoms with E-state index in [4.69, 9.17) is 14.1 Å². The van der Waals surface area contributed by atoms with Crippen molar-refractivity contribution >= 4 is 22.8 Å². The highest BCUT2D eigenvalue weighted by Crippen LogP contribution is 2.36. The van der Waals surface area contributed by atoms with Crippen LogP contribution in [-0.2, 0) is 11.3 Å². The summed E-state index contributed by atoms with van der Waals surface area (Å²) in [7, 11) is 1.71. The second-order valence-electron chi connectivity index (χ2n) is 6.60. The maximum atomic E-state index is 5.93. The van der Waals surface area contributed by atoms with Gasteiger partial charge in [-0.05, 0) is 38.1 Å². The third-order valence-corrected chi connectivity index (χ3v) is 5.59. The van der Waals surface area contributed by atoms with Crippen LogP contribution in [0.15, 0.2) is 58.1 Å². The van der Waals surface area contributed by atoms with Gasteiger partial charge in [-0.15, -0.1) is 10.2 Å². The number of aromatic nitrogens is 4. The molecule has 0 aliphatic carbocycles. The lowest BCUT2D eigenvalue weighted by Gasteiger charge is -2.10. The van der Waals surface area contributed by atoms with Crippen LogP contribution in [0, 0.1) is 6.92 Å². The van der Waals surface area contributed by atoms with Gasteiger partial charge in [0.1, 0.15) is 0 Å². The fourth-order valence-corrected chi connectivity index (χ4v) is 3.94.